The van der Waals surface area contributed by atoms with Crippen molar-refractivity contribution in [3.05, 3.63) is 53.6 Å². The summed E-state index contributed by atoms with van der Waals surface area (Å²) < 4.78 is 0. The average molecular weight is 212 g/mol. The maximum Gasteiger partial charge on any atom is 0.0416 e. The third kappa shape index (κ3) is 2.16. The summed E-state index contributed by atoms with van der Waals surface area (Å²) in [6, 6.07) is 14.0. The summed E-state index contributed by atoms with van der Waals surface area (Å²) in [5.41, 5.74) is 11.2. The Bertz CT molecular complexity index is 504. The first-order valence-electron chi connectivity index (χ1n) is 5.35. The zero-order valence-corrected chi connectivity index (χ0v) is 9.62. The number of aryl methyl sites for hydroxylation is 1. The number of nitrogen functional groups attached to an aromatic ring is 1. The van der Waals surface area contributed by atoms with Crippen molar-refractivity contribution in [2.45, 2.75) is 13.8 Å². The Labute approximate surface area is 96.1 Å². The third-order valence-corrected chi connectivity index (χ3v) is 2.77. The fourth-order valence-corrected chi connectivity index (χ4v) is 1.66. The molecule has 0 spiro atoms. The van der Waals surface area contributed by atoms with Crippen molar-refractivity contribution >= 4 is 17.1 Å². The minimum Gasteiger partial charge on any atom is -0.399 e. The molecule has 0 saturated heterocycles. The first-order valence-corrected chi connectivity index (χ1v) is 5.35. The molecule has 3 N–H and O–H groups in total. The van der Waals surface area contributed by atoms with Crippen molar-refractivity contribution in [3.8, 4) is 0 Å². The molecule has 0 bridgehead atoms. The van der Waals surface area contributed by atoms with Crippen LogP contribution in [0.4, 0.5) is 17.1 Å². The van der Waals surface area contributed by atoms with Crippen LogP contribution >= 0.6 is 0 Å². The number of rotatable bonds is 2. The predicted molar refractivity (Wildman–Crippen MR) is 70.1 cm³/mol. The molecule has 0 saturated carbocycles. The molecule has 0 aliphatic carbocycles. The summed E-state index contributed by atoms with van der Waals surface area (Å²) in [4.78, 5) is 0. The van der Waals surface area contributed by atoms with Crippen LogP contribution in [-0.4, -0.2) is 0 Å². The quantitative estimate of drug-likeness (QED) is 0.746. The molecule has 0 aliphatic heterocycles. The monoisotopic (exact) mass is 212 g/mol. The third-order valence-electron chi connectivity index (χ3n) is 2.77. The van der Waals surface area contributed by atoms with Crippen LogP contribution in [-0.2, 0) is 0 Å². The number of hydrogen-bond acceptors (Lipinski definition) is 2. The molecule has 2 heteroatoms. The van der Waals surface area contributed by atoms with Gasteiger partial charge < -0.3 is 11.1 Å². The highest BCUT2D eigenvalue weighted by atomic mass is 14.9. The van der Waals surface area contributed by atoms with Gasteiger partial charge in [-0.25, -0.2) is 0 Å². The molecule has 16 heavy (non-hydrogen) atoms. The summed E-state index contributed by atoms with van der Waals surface area (Å²) in [6.45, 7) is 4.23. The Hall–Kier alpha value is -1.96. The smallest absolute Gasteiger partial charge is 0.0416 e. The van der Waals surface area contributed by atoms with E-state index in [0.29, 0.717) is 0 Å². The summed E-state index contributed by atoms with van der Waals surface area (Å²) in [5, 5.41) is 3.37. The molecule has 0 heterocycles. The molecular formula is C14H16N2. The zero-order valence-electron chi connectivity index (χ0n) is 9.62. The van der Waals surface area contributed by atoms with E-state index in [4.69, 9.17) is 5.73 Å². The van der Waals surface area contributed by atoms with Crippen molar-refractivity contribution in [1.82, 2.24) is 0 Å². The van der Waals surface area contributed by atoms with Crippen LogP contribution in [0.2, 0.25) is 0 Å². The van der Waals surface area contributed by atoms with Crippen molar-refractivity contribution in [2.24, 2.45) is 0 Å². The van der Waals surface area contributed by atoms with E-state index in [2.05, 4.69) is 37.4 Å². The van der Waals surface area contributed by atoms with E-state index in [0.717, 1.165) is 17.1 Å². The van der Waals surface area contributed by atoms with Crippen molar-refractivity contribution in [3.63, 3.8) is 0 Å². The van der Waals surface area contributed by atoms with E-state index < -0.39 is 0 Å². The van der Waals surface area contributed by atoms with Gasteiger partial charge in [0.25, 0.3) is 0 Å². The fourth-order valence-electron chi connectivity index (χ4n) is 1.66. The molecule has 0 radical (unpaired) electrons. The fraction of sp³-hybridized carbons (Fsp3) is 0.143. The van der Waals surface area contributed by atoms with Gasteiger partial charge in [0.2, 0.25) is 0 Å². The molecule has 2 aromatic carbocycles. The number of nitrogens with two attached hydrogens (primary N) is 1. The zero-order chi connectivity index (χ0) is 11.5. The maximum absolute atomic E-state index is 5.74. The lowest BCUT2D eigenvalue weighted by molar-refractivity contribution is 1.33. The average Bonchev–Trinajstić information content (AvgIpc) is 2.25. The van der Waals surface area contributed by atoms with Crippen molar-refractivity contribution in [2.75, 3.05) is 11.1 Å². The van der Waals surface area contributed by atoms with Gasteiger partial charge >= 0.3 is 0 Å². The summed E-state index contributed by atoms with van der Waals surface area (Å²) in [7, 11) is 0. The summed E-state index contributed by atoms with van der Waals surface area (Å²) in [6.07, 6.45) is 0. The van der Waals surface area contributed by atoms with Gasteiger partial charge in [-0.1, -0.05) is 18.2 Å². The van der Waals surface area contributed by atoms with Crippen LogP contribution < -0.4 is 11.1 Å². The van der Waals surface area contributed by atoms with E-state index in [9.17, 15) is 0 Å². The van der Waals surface area contributed by atoms with Gasteiger partial charge in [-0.05, 0) is 49.2 Å². The molecule has 2 aromatic rings. The molecular weight excluding hydrogens is 196 g/mol. The standard InChI is InChI=1S/C14H16N2/c1-10-5-3-8-14(11(10)2)16-13-7-4-6-12(15)9-13/h3-9,16H,15H2,1-2H3. The molecule has 0 unspecified atom stereocenters. The van der Waals surface area contributed by atoms with Crippen molar-refractivity contribution < 1.29 is 0 Å². The highest BCUT2D eigenvalue weighted by Gasteiger charge is 2.00. The van der Waals surface area contributed by atoms with E-state index in [-0.39, 0.29) is 0 Å². The first kappa shape index (κ1) is 10.6. The lowest BCUT2D eigenvalue weighted by atomic mass is 10.1. The largest absolute Gasteiger partial charge is 0.399 e. The molecule has 0 atom stereocenters. The van der Waals surface area contributed by atoms with Gasteiger partial charge in [-0.15, -0.1) is 0 Å². The van der Waals surface area contributed by atoms with E-state index in [1.54, 1.807) is 0 Å². The second-order valence-corrected chi connectivity index (χ2v) is 4.00. The molecule has 0 aliphatic rings. The Morgan fingerprint density at radius 3 is 2.50 bits per heavy atom. The van der Waals surface area contributed by atoms with E-state index in [1.807, 2.05) is 24.3 Å². The topological polar surface area (TPSA) is 38.0 Å². The van der Waals surface area contributed by atoms with Crippen LogP contribution in [0.25, 0.3) is 0 Å². The lowest BCUT2D eigenvalue weighted by Crippen LogP contribution is -1.95. The second-order valence-electron chi connectivity index (χ2n) is 4.00. The first-order chi connectivity index (χ1) is 7.66. The van der Waals surface area contributed by atoms with Crippen LogP contribution in [0.15, 0.2) is 42.5 Å². The lowest BCUT2D eigenvalue weighted by Gasteiger charge is -2.11. The van der Waals surface area contributed by atoms with Crippen LogP contribution in [0.3, 0.4) is 0 Å². The number of benzene rings is 2. The van der Waals surface area contributed by atoms with Crippen LogP contribution in [0.5, 0.6) is 0 Å². The Morgan fingerprint density at radius 2 is 1.75 bits per heavy atom. The minimum absolute atomic E-state index is 0.773. The molecule has 82 valence electrons. The van der Waals surface area contributed by atoms with Gasteiger partial charge in [0.05, 0.1) is 0 Å². The summed E-state index contributed by atoms with van der Waals surface area (Å²) >= 11 is 0. The summed E-state index contributed by atoms with van der Waals surface area (Å²) in [5.74, 6) is 0. The van der Waals surface area contributed by atoms with Gasteiger partial charge in [0.15, 0.2) is 0 Å². The van der Waals surface area contributed by atoms with Gasteiger partial charge in [-0.3, -0.25) is 0 Å². The van der Waals surface area contributed by atoms with Gasteiger partial charge in [-0.2, -0.15) is 0 Å². The highest BCUT2D eigenvalue weighted by molar-refractivity contribution is 5.66. The number of nitrogens with one attached hydrogen (secondary N) is 1. The number of hydrogen-bond donors (Lipinski definition) is 2. The SMILES string of the molecule is Cc1cccc(Nc2cccc(N)c2)c1C. The van der Waals surface area contributed by atoms with E-state index >= 15 is 0 Å². The van der Waals surface area contributed by atoms with Gasteiger partial charge in [0.1, 0.15) is 0 Å². The molecule has 2 nitrogen and oxygen atoms in total. The predicted octanol–water partition coefficient (Wildman–Crippen LogP) is 3.63. The highest BCUT2D eigenvalue weighted by Crippen LogP contribution is 2.23. The molecule has 2 rings (SSSR count). The van der Waals surface area contributed by atoms with E-state index in [1.165, 1.54) is 11.1 Å². The van der Waals surface area contributed by atoms with Crippen LogP contribution in [0.1, 0.15) is 11.1 Å². The Morgan fingerprint density at radius 1 is 1.00 bits per heavy atom. The minimum atomic E-state index is 0.773. The molecule has 0 fully saturated rings. The Balaban J connectivity index is 2.31. The molecule has 0 amide bonds. The Kier molecular flexibility index (Phi) is 2.82. The second kappa shape index (κ2) is 4.27. The van der Waals surface area contributed by atoms with Crippen LogP contribution in [0, 0.1) is 13.8 Å². The van der Waals surface area contributed by atoms with Gasteiger partial charge in [0, 0.05) is 17.1 Å². The molecule has 0 aromatic heterocycles. The maximum atomic E-state index is 5.74. The van der Waals surface area contributed by atoms with Crippen molar-refractivity contribution in [1.29, 1.82) is 0 Å². The normalized spacial score (nSPS) is 10.1. The number of anilines is 3.